The quantitative estimate of drug-likeness (QED) is 0.347. The minimum atomic E-state index is -4.06. The number of rotatable bonds is 9. The van der Waals surface area contributed by atoms with Gasteiger partial charge in [0.15, 0.2) is 0 Å². The minimum Gasteiger partial charge on any atom is -0.455 e. The summed E-state index contributed by atoms with van der Waals surface area (Å²) in [7, 11) is -2.07. The summed E-state index contributed by atoms with van der Waals surface area (Å²) in [5.41, 5.74) is 1.21. The Morgan fingerprint density at radius 1 is 1.26 bits per heavy atom. The monoisotopic (exact) mass is 452 g/mol. The van der Waals surface area contributed by atoms with Crippen LogP contribution in [0.1, 0.15) is 26.3 Å². The van der Waals surface area contributed by atoms with Gasteiger partial charge < -0.3 is 19.3 Å². The van der Waals surface area contributed by atoms with Gasteiger partial charge in [0, 0.05) is 25.0 Å². The molecule has 0 amide bonds. The SMILES string of the molecule is C=C(C)C(=O)OC(COC(C)C)CN1C=CN(C)C1.C=Cc1ccc(S(=O)(=O)O)cc1. The highest BCUT2D eigenvalue weighted by atomic mass is 32.2. The molecule has 0 bridgehead atoms. The van der Waals surface area contributed by atoms with Crippen molar-refractivity contribution in [2.24, 2.45) is 0 Å². The topological polar surface area (TPSA) is 96.4 Å². The first-order valence-electron chi connectivity index (χ1n) is 9.73. The van der Waals surface area contributed by atoms with E-state index < -0.39 is 10.1 Å². The van der Waals surface area contributed by atoms with Crippen molar-refractivity contribution < 1.29 is 27.2 Å². The van der Waals surface area contributed by atoms with Crippen LogP contribution in [0, 0.1) is 0 Å². The molecule has 1 aliphatic rings. The van der Waals surface area contributed by atoms with Crippen LogP contribution in [0.25, 0.3) is 6.08 Å². The number of hydrogen-bond donors (Lipinski definition) is 1. The van der Waals surface area contributed by atoms with E-state index in [9.17, 15) is 13.2 Å². The van der Waals surface area contributed by atoms with E-state index in [4.69, 9.17) is 14.0 Å². The molecule has 1 aromatic rings. The molecule has 31 heavy (non-hydrogen) atoms. The second-order valence-electron chi connectivity index (χ2n) is 7.41. The summed E-state index contributed by atoms with van der Waals surface area (Å²) >= 11 is 0. The molecule has 0 saturated heterocycles. The van der Waals surface area contributed by atoms with Crippen LogP contribution in [0.15, 0.2) is 60.3 Å². The van der Waals surface area contributed by atoms with Gasteiger partial charge in [-0.05, 0) is 38.5 Å². The lowest BCUT2D eigenvalue weighted by atomic mass is 10.2. The van der Waals surface area contributed by atoms with Crippen molar-refractivity contribution in [3.63, 3.8) is 0 Å². The molecule has 9 heteroatoms. The van der Waals surface area contributed by atoms with Gasteiger partial charge in [-0.15, -0.1) is 0 Å². The normalized spacial score (nSPS) is 14.1. The maximum Gasteiger partial charge on any atom is 0.333 e. The first-order valence-corrected chi connectivity index (χ1v) is 11.2. The summed E-state index contributed by atoms with van der Waals surface area (Å²) in [6, 6.07) is 5.78. The van der Waals surface area contributed by atoms with Crippen molar-refractivity contribution in [2.75, 3.05) is 26.9 Å². The molecule has 8 nitrogen and oxygen atoms in total. The van der Waals surface area contributed by atoms with E-state index in [-0.39, 0.29) is 23.1 Å². The molecule has 0 radical (unpaired) electrons. The Morgan fingerprint density at radius 3 is 2.29 bits per heavy atom. The van der Waals surface area contributed by atoms with Crippen LogP contribution < -0.4 is 0 Å². The lowest BCUT2D eigenvalue weighted by Gasteiger charge is -2.25. The highest BCUT2D eigenvalue weighted by molar-refractivity contribution is 7.85. The average Bonchev–Trinajstić information content (AvgIpc) is 3.10. The summed E-state index contributed by atoms with van der Waals surface area (Å²) in [6.07, 6.45) is 5.39. The lowest BCUT2D eigenvalue weighted by molar-refractivity contribution is -0.149. The van der Waals surface area contributed by atoms with Gasteiger partial charge in [-0.3, -0.25) is 4.55 Å². The number of hydrogen-bond acceptors (Lipinski definition) is 7. The molecule has 1 aliphatic heterocycles. The number of nitrogens with zero attached hydrogens (tertiary/aromatic N) is 2. The molecule has 2 rings (SSSR count). The zero-order valence-corrected chi connectivity index (χ0v) is 19.3. The molecule has 1 heterocycles. The van der Waals surface area contributed by atoms with E-state index in [0.29, 0.717) is 18.7 Å². The zero-order chi connectivity index (χ0) is 23.6. The summed E-state index contributed by atoms with van der Waals surface area (Å²) in [5.74, 6) is -0.367. The highest BCUT2D eigenvalue weighted by Crippen LogP contribution is 2.11. The van der Waals surface area contributed by atoms with Gasteiger partial charge in [-0.2, -0.15) is 8.42 Å². The van der Waals surface area contributed by atoms with Gasteiger partial charge in [0.25, 0.3) is 10.1 Å². The Balaban J connectivity index is 0.000000343. The lowest BCUT2D eigenvalue weighted by Crippen LogP contribution is -2.37. The second kappa shape index (κ2) is 12.3. The number of carbonyl (C=O) groups excluding carboxylic acids is 1. The van der Waals surface area contributed by atoms with Crippen molar-refractivity contribution in [3.05, 3.63) is 61.0 Å². The Labute approximate surface area is 185 Å². The second-order valence-corrected chi connectivity index (χ2v) is 8.83. The molecular weight excluding hydrogens is 420 g/mol. The summed E-state index contributed by atoms with van der Waals surface area (Å²) in [4.78, 5) is 15.6. The third-order valence-electron chi connectivity index (χ3n) is 4.03. The van der Waals surface area contributed by atoms with Crippen LogP contribution in [0.5, 0.6) is 0 Å². The van der Waals surface area contributed by atoms with Crippen LogP contribution in [-0.4, -0.2) is 67.8 Å². The van der Waals surface area contributed by atoms with Gasteiger partial charge in [0.2, 0.25) is 0 Å². The van der Waals surface area contributed by atoms with E-state index in [1.165, 1.54) is 12.1 Å². The highest BCUT2D eigenvalue weighted by Gasteiger charge is 2.20. The maximum absolute atomic E-state index is 11.6. The molecule has 0 saturated carbocycles. The van der Waals surface area contributed by atoms with Crippen LogP contribution >= 0.6 is 0 Å². The Kier molecular flexibility index (Phi) is 10.5. The van der Waals surface area contributed by atoms with Crippen molar-refractivity contribution in [1.29, 1.82) is 0 Å². The number of benzene rings is 1. The Morgan fingerprint density at radius 2 is 1.87 bits per heavy atom. The first-order chi connectivity index (χ1) is 14.4. The van der Waals surface area contributed by atoms with Crippen LogP contribution in [0.4, 0.5) is 0 Å². The molecular formula is C22H32N2O6S. The molecule has 0 aliphatic carbocycles. The van der Waals surface area contributed by atoms with E-state index in [1.807, 2.05) is 33.3 Å². The molecule has 1 unspecified atom stereocenters. The van der Waals surface area contributed by atoms with E-state index in [1.54, 1.807) is 25.1 Å². The third kappa shape index (κ3) is 10.3. The Hall–Kier alpha value is -2.62. The third-order valence-corrected chi connectivity index (χ3v) is 4.89. The zero-order valence-electron chi connectivity index (χ0n) is 18.5. The molecule has 0 aromatic heterocycles. The molecule has 0 fully saturated rings. The van der Waals surface area contributed by atoms with Gasteiger partial charge in [0.1, 0.15) is 6.10 Å². The standard InChI is InChI=1S/C14H24N2O3.C8H8O3S/c1-11(2)14(17)19-13(9-18-12(3)4)8-16-7-6-15(5)10-16;1-2-7-3-5-8(6-4-7)12(9,10)11/h6-7,12-13H,1,8-10H2,2-5H3;2-6H,1H2,(H,9,10,11). The summed E-state index contributed by atoms with van der Waals surface area (Å²) < 4.78 is 40.7. The van der Waals surface area contributed by atoms with E-state index >= 15 is 0 Å². The number of ether oxygens (including phenoxy) is 2. The fraction of sp³-hybridized carbons (Fsp3) is 0.409. The van der Waals surface area contributed by atoms with Crippen molar-refractivity contribution >= 4 is 22.2 Å². The largest absolute Gasteiger partial charge is 0.455 e. The molecule has 1 aromatic carbocycles. The maximum atomic E-state index is 11.6. The number of carbonyl (C=O) groups is 1. The average molecular weight is 453 g/mol. The fourth-order valence-electron chi connectivity index (χ4n) is 2.42. The van der Waals surface area contributed by atoms with Gasteiger partial charge in [-0.25, -0.2) is 4.79 Å². The van der Waals surface area contributed by atoms with Gasteiger partial charge >= 0.3 is 5.97 Å². The first kappa shape index (κ1) is 26.4. The van der Waals surface area contributed by atoms with E-state index in [0.717, 1.165) is 12.2 Å². The predicted molar refractivity (Wildman–Crippen MR) is 121 cm³/mol. The molecule has 1 N–H and O–H groups in total. The van der Waals surface area contributed by atoms with Crippen molar-refractivity contribution in [2.45, 2.75) is 37.9 Å². The molecule has 1 atom stereocenters. The van der Waals surface area contributed by atoms with Crippen LogP contribution in [-0.2, 0) is 24.4 Å². The van der Waals surface area contributed by atoms with Crippen molar-refractivity contribution in [3.8, 4) is 0 Å². The van der Waals surface area contributed by atoms with Crippen LogP contribution in [0.3, 0.4) is 0 Å². The predicted octanol–water partition coefficient (Wildman–Crippen LogP) is 3.15. The van der Waals surface area contributed by atoms with Gasteiger partial charge in [0.05, 0.1) is 30.8 Å². The van der Waals surface area contributed by atoms with Crippen LogP contribution in [0.2, 0.25) is 0 Å². The Bertz CT molecular complexity index is 878. The summed E-state index contributed by atoms with van der Waals surface area (Å²) in [6.45, 7) is 14.5. The minimum absolute atomic E-state index is 0.104. The van der Waals surface area contributed by atoms with E-state index in [2.05, 4.69) is 23.0 Å². The molecule has 0 spiro atoms. The summed E-state index contributed by atoms with van der Waals surface area (Å²) in [5, 5.41) is 0. The smallest absolute Gasteiger partial charge is 0.333 e. The molecule has 172 valence electrons. The fourth-order valence-corrected chi connectivity index (χ4v) is 2.90. The van der Waals surface area contributed by atoms with Crippen molar-refractivity contribution in [1.82, 2.24) is 9.80 Å². The number of esters is 1. The van der Waals surface area contributed by atoms with Gasteiger partial charge in [-0.1, -0.05) is 31.4 Å².